The third kappa shape index (κ3) is 3.55. The molecule has 29 heavy (non-hydrogen) atoms. The maximum absolute atomic E-state index is 6.66. The number of thioether (sulfide) groups is 1. The quantitative estimate of drug-likeness (QED) is 0.385. The van der Waals surface area contributed by atoms with E-state index in [4.69, 9.17) is 26.5 Å². The maximum Gasteiger partial charge on any atom is 0.334 e. The van der Waals surface area contributed by atoms with Gasteiger partial charge >= 0.3 is 6.39 Å². The SMILES string of the molecule is Nc1nc(SCC[n+]2ccoc2)nc(-c2c(Cl)cc3c4c(cccc24)COC3)n1. The van der Waals surface area contributed by atoms with Gasteiger partial charge in [-0.25, -0.2) is 4.98 Å². The molecule has 146 valence electrons. The lowest BCUT2D eigenvalue weighted by Gasteiger charge is -2.20. The Morgan fingerprint density at radius 1 is 1.17 bits per heavy atom. The molecule has 9 heteroatoms. The molecule has 0 saturated heterocycles. The summed E-state index contributed by atoms with van der Waals surface area (Å²) in [5.74, 6) is 1.42. The van der Waals surface area contributed by atoms with Crippen molar-refractivity contribution < 1.29 is 13.7 Å². The molecule has 0 saturated carbocycles. The van der Waals surface area contributed by atoms with E-state index in [9.17, 15) is 0 Å². The maximum atomic E-state index is 6.66. The second-order valence-electron chi connectivity index (χ2n) is 6.64. The van der Waals surface area contributed by atoms with Gasteiger partial charge in [-0.1, -0.05) is 41.6 Å². The number of nitrogens with two attached hydrogens (primary N) is 1. The predicted octanol–water partition coefficient (Wildman–Crippen LogP) is 3.63. The molecule has 5 rings (SSSR count). The van der Waals surface area contributed by atoms with Crippen molar-refractivity contribution >= 4 is 40.1 Å². The number of aromatic nitrogens is 4. The monoisotopic (exact) mass is 426 g/mol. The lowest BCUT2D eigenvalue weighted by molar-refractivity contribution is -0.695. The molecule has 1 aliphatic rings. The smallest absolute Gasteiger partial charge is 0.334 e. The Balaban J connectivity index is 1.54. The number of nitrogen functional groups attached to an aromatic ring is 1. The van der Waals surface area contributed by atoms with Crippen molar-refractivity contribution in [1.82, 2.24) is 15.0 Å². The molecular formula is C20H17ClN5O2S+. The minimum atomic E-state index is 0.174. The molecule has 0 unspecified atom stereocenters. The molecule has 2 aromatic heterocycles. The highest BCUT2D eigenvalue weighted by Crippen LogP contribution is 2.39. The first kappa shape index (κ1) is 18.4. The van der Waals surface area contributed by atoms with Crippen LogP contribution in [0.4, 0.5) is 5.95 Å². The Morgan fingerprint density at radius 2 is 2.07 bits per heavy atom. The third-order valence-electron chi connectivity index (χ3n) is 4.76. The second-order valence-corrected chi connectivity index (χ2v) is 8.11. The van der Waals surface area contributed by atoms with E-state index >= 15 is 0 Å². The second kappa shape index (κ2) is 7.62. The minimum absolute atomic E-state index is 0.174. The predicted molar refractivity (Wildman–Crippen MR) is 110 cm³/mol. The fraction of sp³-hybridized carbons (Fsp3) is 0.200. The molecule has 0 atom stereocenters. The summed E-state index contributed by atoms with van der Waals surface area (Å²) in [7, 11) is 0. The summed E-state index contributed by atoms with van der Waals surface area (Å²) in [6, 6.07) is 8.04. The summed E-state index contributed by atoms with van der Waals surface area (Å²) in [4.78, 5) is 13.3. The van der Waals surface area contributed by atoms with E-state index in [1.54, 1.807) is 12.7 Å². The molecule has 0 radical (unpaired) electrons. The van der Waals surface area contributed by atoms with Crippen molar-refractivity contribution in [2.75, 3.05) is 11.5 Å². The van der Waals surface area contributed by atoms with Crippen molar-refractivity contribution in [3.05, 3.63) is 59.3 Å². The Morgan fingerprint density at radius 3 is 2.93 bits per heavy atom. The van der Waals surface area contributed by atoms with Gasteiger partial charge in [0.25, 0.3) is 0 Å². The summed E-state index contributed by atoms with van der Waals surface area (Å²) in [5.41, 5.74) is 8.98. The molecule has 0 amide bonds. The van der Waals surface area contributed by atoms with Gasteiger partial charge in [0.2, 0.25) is 12.1 Å². The number of aryl methyl sites for hydroxylation is 1. The van der Waals surface area contributed by atoms with Crippen LogP contribution >= 0.6 is 23.4 Å². The van der Waals surface area contributed by atoms with Gasteiger partial charge in [-0.05, 0) is 28.0 Å². The highest BCUT2D eigenvalue weighted by molar-refractivity contribution is 7.99. The molecule has 0 fully saturated rings. The summed E-state index contributed by atoms with van der Waals surface area (Å²) in [6.07, 6.45) is 5.16. The molecule has 0 bridgehead atoms. The average molecular weight is 427 g/mol. The van der Waals surface area contributed by atoms with Gasteiger partial charge in [-0.3, -0.25) is 0 Å². The number of nitrogens with zero attached hydrogens (tertiary/aromatic N) is 4. The van der Waals surface area contributed by atoms with Crippen molar-refractivity contribution in [1.29, 1.82) is 0 Å². The van der Waals surface area contributed by atoms with Crippen LogP contribution < -0.4 is 10.3 Å². The molecule has 0 spiro atoms. The molecule has 4 aromatic rings. The van der Waals surface area contributed by atoms with Gasteiger partial charge in [0.05, 0.1) is 24.0 Å². The molecule has 1 aliphatic heterocycles. The number of anilines is 1. The van der Waals surface area contributed by atoms with E-state index in [0.717, 1.165) is 39.8 Å². The van der Waals surface area contributed by atoms with Gasteiger partial charge in [0.15, 0.2) is 23.8 Å². The number of ether oxygens (including phenoxy) is 1. The summed E-state index contributed by atoms with van der Waals surface area (Å²) < 4.78 is 12.7. The van der Waals surface area contributed by atoms with Crippen molar-refractivity contribution in [3.63, 3.8) is 0 Å². The lowest BCUT2D eigenvalue weighted by Crippen LogP contribution is -2.31. The highest BCUT2D eigenvalue weighted by Gasteiger charge is 2.21. The number of hydrogen-bond donors (Lipinski definition) is 1. The van der Waals surface area contributed by atoms with E-state index in [1.165, 1.54) is 11.8 Å². The first-order valence-corrected chi connectivity index (χ1v) is 10.4. The summed E-state index contributed by atoms with van der Waals surface area (Å²) in [5, 5.41) is 3.30. The number of hydrogen-bond acceptors (Lipinski definition) is 7. The van der Waals surface area contributed by atoms with E-state index in [0.29, 0.717) is 29.2 Å². The van der Waals surface area contributed by atoms with Crippen LogP contribution in [0.25, 0.3) is 22.2 Å². The summed E-state index contributed by atoms with van der Waals surface area (Å²) in [6.45, 7) is 1.89. The zero-order chi connectivity index (χ0) is 19.8. The zero-order valence-electron chi connectivity index (χ0n) is 15.3. The van der Waals surface area contributed by atoms with Crippen LogP contribution in [0.2, 0.25) is 5.02 Å². The first-order chi connectivity index (χ1) is 14.2. The van der Waals surface area contributed by atoms with Crippen LogP contribution in [0.15, 0.2) is 52.7 Å². The highest BCUT2D eigenvalue weighted by atomic mass is 35.5. The number of halogens is 1. The molecule has 2 N–H and O–H groups in total. The fourth-order valence-corrected chi connectivity index (χ4v) is 4.64. The van der Waals surface area contributed by atoms with Gasteiger partial charge in [-0.2, -0.15) is 14.5 Å². The van der Waals surface area contributed by atoms with Crippen LogP contribution in [-0.2, 0) is 24.5 Å². The molecule has 0 aliphatic carbocycles. The largest absolute Gasteiger partial charge is 0.412 e. The van der Waals surface area contributed by atoms with E-state index in [-0.39, 0.29) is 5.95 Å². The van der Waals surface area contributed by atoms with Crippen LogP contribution in [0.5, 0.6) is 0 Å². The van der Waals surface area contributed by atoms with E-state index in [2.05, 4.69) is 21.0 Å². The average Bonchev–Trinajstić information content (AvgIpc) is 3.21. The molecular weight excluding hydrogens is 410 g/mol. The standard InChI is InChI=1S/C20H17ClN5O2S/c21-15-8-13-10-28-9-12-2-1-3-14(16(12)13)17(15)18-23-19(22)25-20(24-18)29-7-5-26-4-6-27-11-26/h1-4,6,8,11H,5,7,9-10H2,(H2,22,23,24,25)/q+1. The lowest BCUT2D eigenvalue weighted by atomic mass is 9.94. The van der Waals surface area contributed by atoms with Crippen molar-refractivity contribution in [2.45, 2.75) is 24.9 Å². The van der Waals surface area contributed by atoms with Crippen LogP contribution in [0.1, 0.15) is 11.1 Å². The normalized spacial score (nSPS) is 13.1. The Kier molecular flexibility index (Phi) is 4.83. The van der Waals surface area contributed by atoms with E-state index in [1.807, 2.05) is 29.0 Å². The van der Waals surface area contributed by atoms with Crippen LogP contribution in [0, 0.1) is 0 Å². The fourth-order valence-electron chi connectivity index (χ4n) is 3.53. The first-order valence-electron chi connectivity index (χ1n) is 9.06. The molecule has 7 nitrogen and oxygen atoms in total. The van der Waals surface area contributed by atoms with Crippen molar-refractivity contribution in [2.24, 2.45) is 0 Å². The number of oxazole rings is 1. The number of rotatable bonds is 5. The van der Waals surface area contributed by atoms with Crippen molar-refractivity contribution in [3.8, 4) is 11.4 Å². The number of benzene rings is 2. The summed E-state index contributed by atoms with van der Waals surface area (Å²) >= 11 is 8.16. The third-order valence-corrected chi connectivity index (χ3v) is 5.89. The van der Waals surface area contributed by atoms with Crippen LogP contribution in [0.3, 0.4) is 0 Å². The van der Waals surface area contributed by atoms with E-state index < -0.39 is 0 Å². The Labute approximate surface area is 175 Å². The van der Waals surface area contributed by atoms with Crippen LogP contribution in [-0.4, -0.2) is 20.7 Å². The molecule has 3 heterocycles. The zero-order valence-corrected chi connectivity index (χ0v) is 16.9. The Bertz CT molecular complexity index is 1200. The van der Waals surface area contributed by atoms with Gasteiger partial charge in [-0.15, -0.1) is 0 Å². The minimum Gasteiger partial charge on any atom is -0.412 e. The Hall–Kier alpha value is -2.68. The molecule has 2 aromatic carbocycles. The topological polar surface area (TPSA) is 90.9 Å². The van der Waals surface area contributed by atoms with Gasteiger partial charge < -0.3 is 14.9 Å². The van der Waals surface area contributed by atoms with Gasteiger partial charge in [0, 0.05) is 5.56 Å². The van der Waals surface area contributed by atoms with Gasteiger partial charge in [0.1, 0.15) is 0 Å².